The molecule has 0 amide bonds. The summed E-state index contributed by atoms with van der Waals surface area (Å²) in [5.74, 6) is 1.93. The highest BCUT2D eigenvalue weighted by Gasteiger charge is 2.55. The van der Waals surface area contributed by atoms with Crippen molar-refractivity contribution in [2.75, 3.05) is 20.0 Å². The van der Waals surface area contributed by atoms with Crippen molar-refractivity contribution in [3.63, 3.8) is 0 Å². The first-order chi connectivity index (χ1) is 6.27. The third kappa shape index (κ3) is 3.34. The summed E-state index contributed by atoms with van der Waals surface area (Å²) >= 11 is 0. The molecule has 1 saturated carbocycles. The molecule has 0 aromatic heterocycles. The van der Waals surface area contributed by atoms with Gasteiger partial charge in [-0.15, -0.1) is 0 Å². The molecule has 1 rings (SSSR count). The van der Waals surface area contributed by atoms with Crippen LogP contribution in [0.15, 0.2) is 0 Å². The number of rotatable bonds is 4. The molecule has 2 heteroatoms. The van der Waals surface area contributed by atoms with Gasteiger partial charge in [0.2, 0.25) is 0 Å². The smallest absolute Gasteiger partial charge is 0.0791 e. The van der Waals surface area contributed by atoms with Crippen LogP contribution in [0.25, 0.3) is 0 Å². The fourth-order valence-corrected chi connectivity index (χ4v) is 4.79. The quantitative estimate of drug-likeness (QED) is 0.664. The predicted octanol–water partition coefficient (Wildman–Crippen LogP) is 1.50. The number of hydrogen-bond donors (Lipinski definition) is 0. The van der Waals surface area contributed by atoms with Gasteiger partial charge in [0.15, 0.2) is 0 Å². The van der Waals surface area contributed by atoms with E-state index in [0.29, 0.717) is 0 Å². The van der Waals surface area contributed by atoms with Crippen LogP contribution in [0.5, 0.6) is 0 Å². The first kappa shape index (κ1) is 15.7. The molecule has 1 aliphatic rings. The second-order valence-electron chi connectivity index (χ2n) is 6.58. The third-order valence-corrected chi connectivity index (χ3v) is 8.16. The minimum absolute atomic E-state index is 0. The van der Waals surface area contributed by atoms with Crippen LogP contribution in [0.1, 0.15) is 46.5 Å². The first-order valence-corrected chi connectivity index (χ1v) is 9.22. The van der Waals surface area contributed by atoms with E-state index in [0.717, 1.165) is 17.0 Å². The third-order valence-electron chi connectivity index (χ3n) is 4.50. The molecule has 0 nitrogen and oxygen atoms in total. The second-order valence-corrected chi connectivity index (χ2v) is 11.6. The van der Waals surface area contributed by atoms with Crippen LogP contribution in [0.3, 0.4) is 0 Å². The Balaban J connectivity index is 0.00000196. The van der Waals surface area contributed by atoms with Gasteiger partial charge in [-0.1, -0.05) is 20.3 Å². The van der Waals surface area contributed by atoms with Crippen molar-refractivity contribution in [1.82, 2.24) is 0 Å². The highest BCUT2D eigenvalue weighted by molar-refractivity contribution is 7.75. The lowest BCUT2D eigenvalue weighted by molar-refractivity contribution is -0.00000356. The molecule has 1 fully saturated rings. The van der Waals surface area contributed by atoms with Crippen molar-refractivity contribution in [2.45, 2.75) is 51.6 Å². The van der Waals surface area contributed by atoms with Crippen molar-refractivity contribution in [3.8, 4) is 0 Å². The standard InChI is InChI=1S/C13H28P.ClH/c1-11(2)7-8-12-9-10-13(12,3)14(4,5)6;/h11-12H,7-10H2,1-6H3;1H/q+1;/p-1. The van der Waals surface area contributed by atoms with Crippen LogP contribution in [-0.4, -0.2) is 25.2 Å². The summed E-state index contributed by atoms with van der Waals surface area (Å²) < 4.78 is 0. The molecule has 0 aliphatic heterocycles. The van der Waals surface area contributed by atoms with Crippen molar-refractivity contribution in [1.29, 1.82) is 0 Å². The minimum Gasteiger partial charge on any atom is -1.00 e. The molecule has 2 atom stereocenters. The van der Waals surface area contributed by atoms with Gasteiger partial charge in [0.05, 0.1) is 5.16 Å². The molecule has 15 heavy (non-hydrogen) atoms. The van der Waals surface area contributed by atoms with Crippen LogP contribution < -0.4 is 12.4 Å². The Bertz CT molecular complexity index is 195. The van der Waals surface area contributed by atoms with Crippen LogP contribution in [-0.2, 0) is 0 Å². The Morgan fingerprint density at radius 3 is 2.07 bits per heavy atom. The summed E-state index contributed by atoms with van der Waals surface area (Å²) in [7, 11) is -0.648. The molecule has 0 spiro atoms. The molecular formula is C13H28ClP. The zero-order valence-electron chi connectivity index (χ0n) is 11.3. The summed E-state index contributed by atoms with van der Waals surface area (Å²) in [6.45, 7) is 14.8. The van der Waals surface area contributed by atoms with Gasteiger partial charge in [0.1, 0.15) is 0 Å². The zero-order valence-corrected chi connectivity index (χ0v) is 13.0. The molecule has 2 unspecified atom stereocenters. The monoisotopic (exact) mass is 250 g/mol. The summed E-state index contributed by atoms with van der Waals surface area (Å²) in [6, 6.07) is 0. The minimum atomic E-state index is -0.648. The lowest BCUT2D eigenvalue weighted by Crippen LogP contribution is -3.00. The Morgan fingerprint density at radius 1 is 1.27 bits per heavy atom. The van der Waals surface area contributed by atoms with Crippen molar-refractivity contribution in [3.05, 3.63) is 0 Å². The van der Waals surface area contributed by atoms with Crippen molar-refractivity contribution < 1.29 is 12.4 Å². The summed E-state index contributed by atoms with van der Waals surface area (Å²) in [5.41, 5.74) is 0. The topological polar surface area (TPSA) is 0 Å². The molecule has 0 radical (unpaired) electrons. The summed E-state index contributed by atoms with van der Waals surface area (Å²) in [6.07, 6.45) is 5.90. The SMILES string of the molecule is CC(C)CCC1CCC1(C)[P+](C)(C)C.[Cl-]. The normalized spacial score (nSPS) is 31.0. The van der Waals surface area contributed by atoms with E-state index in [2.05, 4.69) is 40.8 Å². The number of halogens is 1. The molecule has 0 aromatic rings. The summed E-state index contributed by atoms with van der Waals surface area (Å²) in [5, 5.41) is 0.724. The van der Waals surface area contributed by atoms with E-state index in [9.17, 15) is 0 Å². The van der Waals surface area contributed by atoms with Crippen LogP contribution in [0, 0.1) is 11.8 Å². The average Bonchev–Trinajstić information content (AvgIpc) is 1.98. The molecule has 0 aromatic carbocycles. The van der Waals surface area contributed by atoms with Crippen LogP contribution in [0.4, 0.5) is 0 Å². The maximum absolute atomic E-state index is 2.55. The fourth-order valence-electron chi connectivity index (χ4n) is 2.64. The van der Waals surface area contributed by atoms with Gasteiger partial charge in [0, 0.05) is 27.3 Å². The van der Waals surface area contributed by atoms with Gasteiger partial charge in [-0.05, 0) is 38.0 Å². The van der Waals surface area contributed by atoms with Gasteiger partial charge < -0.3 is 12.4 Å². The van der Waals surface area contributed by atoms with Gasteiger partial charge >= 0.3 is 0 Å². The highest BCUT2D eigenvalue weighted by atomic mass is 35.5. The maximum atomic E-state index is 2.55. The average molecular weight is 251 g/mol. The van der Waals surface area contributed by atoms with E-state index in [1.165, 1.54) is 25.7 Å². The molecular weight excluding hydrogens is 223 g/mol. The zero-order chi connectivity index (χ0) is 11.0. The molecule has 0 N–H and O–H groups in total. The fraction of sp³-hybridized carbons (Fsp3) is 1.00. The van der Waals surface area contributed by atoms with Crippen molar-refractivity contribution >= 4 is 7.26 Å². The van der Waals surface area contributed by atoms with Gasteiger partial charge in [-0.3, -0.25) is 0 Å². The molecule has 0 saturated heterocycles. The Kier molecular flexibility index (Phi) is 5.63. The second kappa shape index (κ2) is 5.37. The van der Waals surface area contributed by atoms with E-state index >= 15 is 0 Å². The first-order valence-electron chi connectivity index (χ1n) is 6.09. The van der Waals surface area contributed by atoms with E-state index in [1.54, 1.807) is 0 Å². The Morgan fingerprint density at radius 2 is 1.80 bits per heavy atom. The van der Waals surface area contributed by atoms with E-state index in [-0.39, 0.29) is 12.4 Å². The van der Waals surface area contributed by atoms with Crippen molar-refractivity contribution in [2.24, 2.45) is 11.8 Å². The van der Waals surface area contributed by atoms with E-state index < -0.39 is 7.26 Å². The Labute approximate surface area is 103 Å². The van der Waals surface area contributed by atoms with E-state index in [4.69, 9.17) is 0 Å². The van der Waals surface area contributed by atoms with Gasteiger partial charge in [0.25, 0.3) is 0 Å². The molecule has 0 heterocycles. The van der Waals surface area contributed by atoms with Gasteiger partial charge in [-0.2, -0.15) is 0 Å². The van der Waals surface area contributed by atoms with E-state index in [1.807, 2.05) is 0 Å². The molecule has 92 valence electrons. The molecule has 1 aliphatic carbocycles. The largest absolute Gasteiger partial charge is 1.00 e. The van der Waals surface area contributed by atoms with Crippen LogP contribution in [0.2, 0.25) is 0 Å². The molecule has 0 bridgehead atoms. The van der Waals surface area contributed by atoms with Crippen LogP contribution >= 0.6 is 7.26 Å². The lowest BCUT2D eigenvalue weighted by Gasteiger charge is -2.50. The predicted molar refractivity (Wildman–Crippen MR) is 69.9 cm³/mol. The Hall–Kier alpha value is 0.720. The summed E-state index contributed by atoms with van der Waals surface area (Å²) in [4.78, 5) is 0. The maximum Gasteiger partial charge on any atom is 0.0791 e. The lowest BCUT2D eigenvalue weighted by atomic mass is 9.71. The van der Waals surface area contributed by atoms with Gasteiger partial charge in [-0.25, -0.2) is 0 Å². The number of hydrogen-bond acceptors (Lipinski definition) is 0. The highest BCUT2D eigenvalue weighted by Crippen LogP contribution is 2.70.